The van der Waals surface area contributed by atoms with Crippen LogP contribution in [0.15, 0.2) is 53.1 Å². The van der Waals surface area contributed by atoms with Crippen molar-refractivity contribution in [3.05, 3.63) is 65.2 Å². The van der Waals surface area contributed by atoms with E-state index in [1.807, 2.05) is 12.1 Å². The van der Waals surface area contributed by atoms with Crippen molar-refractivity contribution < 1.29 is 24.1 Å². The molecule has 7 rings (SSSR count). The number of fused-ring (bicyclic) bond motifs is 3. The summed E-state index contributed by atoms with van der Waals surface area (Å²) in [6.45, 7) is 0. The number of benzene rings is 2. The van der Waals surface area contributed by atoms with Crippen LogP contribution >= 0.6 is 11.8 Å². The Hall–Kier alpha value is -2.51. The standard InChI is InChI=1S/C24H22FNO4S/c1-26-19-21(31-13-5-3-12(25)4-6-13)14-7-8-15(27)20(29)18(14)23-9-16(28)17(30-2)10-24(26,11-23)22(19)23/h3-8,10,19,21-22,27,29H,9,11H2,1-2H3. The van der Waals surface area contributed by atoms with E-state index < -0.39 is 5.41 Å². The first kappa shape index (κ1) is 19.2. The number of aromatic hydroxyl groups is 2. The van der Waals surface area contributed by atoms with Gasteiger partial charge in [-0.3, -0.25) is 9.69 Å². The van der Waals surface area contributed by atoms with Crippen molar-refractivity contribution in [2.24, 2.45) is 5.92 Å². The van der Waals surface area contributed by atoms with Gasteiger partial charge < -0.3 is 14.9 Å². The normalized spacial score (nSPS) is 35.1. The van der Waals surface area contributed by atoms with Gasteiger partial charge in [-0.15, -0.1) is 11.8 Å². The van der Waals surface area contributed by atoms with Gasteiger partial charge in [0.2, 0.25) is 0 Å². The number of likely N-dealkylation sites (tertiary alicyclic amines) is 1. The van der Waals surface area contributed by atoms with Crippen LogP contribution < -0.4 is 0 Å². The average Bonchev–Trinajstić information content (AvgIpc) is 2.94. The minimum atomic E-state index is -0.525. The Labute approximate surface area is 183 Å². The van der Waals surface area contributed by atoms with Gasteiger partial charge in [0.05, 0.1) is 12.4 Å². The van der Waals surface area contributed by atoms with E-state index in [-0.39, 0.29) is 52.3 Å². The molecule has 1 saturated heterocycles. The van der Waals surface area contributed by atoms with Crippen molar-refractivity contribution in [2.75, 3.05) is 14.2 Å². The maximum absolute atomic E-state index is 13.4. The number of ether oxygens (including phenoxy) is 1. The molecule has 1 saturated carbocycles. The number of phenols is 2. The van der Waals surface area contributed by atoms with Crippen molar-refractivity contribution in [3.63, 3.8) is 0 Å². The van der Waals surface area contributed by atoms with Gasteiger partial charge in [-0.05, 0) is 55.4 Å². The van der Waals surface area contributed by atoms with Gasteiger partial charge >= 0.3 is 0 Å². The number of likely N-dealkylation sites (N-methyl/N-ethyl adjacent to an activating group) is 1. The van der Waals surface area contributed by atoms with Crippen LogP contribution in [0, 0.1) is 11.7 Å². The number of carbonyl (C=O) groups is 1. The highest BCUT2D eigenvalue weighted by Gasteiger charge is 2.80. The first-order valence-electron chi connectivity index (χ1n) is 10.3. The number of allylic oxidation sites excluding steroid dienone is 1. The van der Waals surface area contributed by atoms with E-state index in [0.29, 0.717) is 17.7 Å². The first-order valence-corrected chi connectivity index (χ1v) is 11.2. The quantitative estimate of drug-likeness (QED) is 0.707. The van der Waals surface area contributed by atoms with E-state index in [9.17, 15) is 19.4 Å². The smallest absolute Gasteiger partial charge is 0.197 e. The van der Waals surface area contributed by atoms with E-state index in [1.165, 1.54) is 25.3 Å². The summed E-state index contributed by atoms with van der Waals surface area (Å²) < 4.78 is 18.9. The zero-order valence-corrected chi connectivity index (χ0v) is 17.9. The van der Waals surface area contributed by atoms with Crippen molar-refractivity contribution in [3.8, 4) is 11.5 Å². The summed E-state index contributed by atoms with van der Waals surface area (Å²) in [7, 11) is 3.60. The summed E-state index contributed by atoms with van der Waals surface area (Å²) >= 11 is 1.63. The van der Waals surface area contributed by atoms with Gasteiger partial charge in [0.25, 0.3) is 0 Å². The second-order valence-corrected chi connectivity index (χ2v) is 10.3. The molecule has 2 aromatic rings. The number of thioether (sulfide) groups is 1. The fourth-order valence-electron chi connectivity index (χ4n) is 6.77. The fraction of sp³-hybridized carbons (Fsp3) is 0.375. The predicted octanol–water partition coefficient (Wildman–Crippen LogP) is 3.90. The number of halogens is 1. The zero-order valence-electron chi connectivity index (χ0n) is 17.1. The maximum atomic E-state index is 13.4. The Balaban J connectivity index is 1.54. The molecule has 4 aliphatic carbocycles. The monoisotopic (exact) mass is 439 g/mol. The lowest BCUT2D eigenvalue weighted by Crippen LogP contribution is -2.86. The third-order valence-electron chi connectivity index (χ3n) is 7.91. The van der Waals surface area contributed by atoms with E-state index in [4.69, 9.17) is 4.74 Å². The third kappa shape index (κ3) is 2.18. The summed E-state index contributed by atoms with van der Waals surface area (Å²) in [5.41, 5.74) is 0.804. The lowest BCUT2D eigenvalue weighted by Gasteiger charge is -2.79. The van der Waals surface area contributed by atoms with Gasteiger partial charge in [0.1, 0.15) is 5.82 Å². The highest BCUT2D eigenvalue weighted by Crippen LogP contribution is 2.77. The Kier molecular flexibility index (Phi) is 3.74. The van der Waals surface area contributed by atoms with Crippen molar-refractivity contribution >= 4 is 17.5 Å². The Morgan fingerprint density at radius 2 is 1.94 bits per heavy atom. The molecular weight excluding hydrogens is 417 g/mol. The molecule has 0 amide bonds. The molecule has 5 aliphatic rings. The van der Waals surface area contributed by atoms with Gasteiger partial charge in [-0.1, -0.05) is 6.07 Å². The van der Waals surface area contributed by atoms with Gasteiger partial charge in [0, 0.05) is 39.8 Å². The summed E-state index contributed by atoms with van der Waals surface area (Å²) in [5, 5.41) is 21.3. The molecule has 5 unspecified atom stereocenters. The van der Waals surface area contributed by atoms with Gasteiger partial charge in [-0.2, -0.15) is 0 Å². The fourth-order valence-corrected chi connectivity index (χ4v) is 8.16. The molecule has 2 spiro atoms. The van der Waals surface area contributed by atoms with Crippen LogP contribution in [-0.4, -0.2) is 46.6 Å². The minimum absolute atomic E-state index is 0.0314. The molecule has 2 aromatic carbocycles. The minimum Gasteiger partial charge on any atom is -0.504 e. The molecule has 0 radical (unpaired) electrons. The Bertz CT molecular complexity index is 1160. The highest BCUT2D eigenvalue weighted by molar-refractivity contribution is 7.99. The number of hydrogen-bond acceptors (Lipinski definition) is 6. The molecule has 2 bridgehead atoms. The number of phenolic OH excluding ortho intramolecular Hbond substituents is 2. The number of carbonyl (C=O) groups excluding carboxylic acids is 1. The van der Waals surface area contributed by atoms with Crippen LogP contribution in [0.3, 0.4) is 0 Å². The van der Waals surface area contributed by atoms with Crippen LogP contribution in [-0.2, 0) is 14.9 Å². The molecular formula is C24H22FNO4S. The molecule has 0 aromatic heterocycles. The summed E-state index contributed by atoms with van der Waals surface area (Å²) in [6, 6.07) is 9.94. The van der Waals surface area contributed by atoms with Crippen LogP contribution in [0.25, 0.3) is 0 Å². The average molecular weight is 440 g/mol. The summed E-state index contributed by atoms with van der Waals surface area (Å²) in [4.78, 5) is 16.3. The largest absolute Gasteiger partial charge is 0.504 e. The maximum Gasteiger partial charge on any atom is 0.197 e. The predicted molar refractivity (Wildman–Crippen MR) is 114 cm³/mol. The number of ketones is 1. The van der Waals surface area contributed by atoms with Gasteiger partial charge in [-0.25, -0.2) is 4.39 Å². The van der Waals surface area contributed by atoms with Crippen molar-refractivity contribution in [1.82, 2.24) is 4.90 Å². The zero-order chi connectivity index (χ0) is 21.7. The second-order valence-electron chi connectivity index (χ2n) is 9.11. The summed E-state index contributed by atoms with van der Waals surface area (Å²) in [6.07, 6.45) is 2.92. The van der Waals surface area contributed by atoms with Crippen molar-refractivity contribution in [2.45, 2.75) is 40.0 Å². The van der Waals surface area contributed by atoms with Crippen LogP contribution in [0.5, 0.6) is 11.5 Å². The van der Waals surface area contributed by atoms with Crippen LogP contribution in [0.2, 0.25) is 0 Å². The molecule has 7 heteroatoms. The summed E-state index contributed by atoms with van der Waals surface area (Å²) in [5.74, 6) is -0.147. The number of piperidine rings is 1. The molecule has 2 fully saturated rings. The molecule has 1 heterocycles. The Morgan fingerprint density at radius 1 is 1.19 bits per heavy atom. The van der Waals surface area contributed by atoms with Gasteiger partial charge in [0.15, 0.2) is 23.0 Å². The Morgan fingerprint density at radius 3 is 2.65 bits per heavy atom. The lowest BCUT2D eigenvalue weighted by atomic mass is 9.36. The van der Waals surface area contributed by atoms with Crippen LogP contribution in [0.4, 0.5) is 4.39 Å². The molecule has 5 atom stereocenters. The van der Waals surface area contributed by atoms with E-state index in [1.54, 1.807) is 23.9 Å². The van der Waals surface area contributed by atoms with E-state index in [0.717, 1.165) is 10.5 Å². The highest BCUT2D eigenvalue weighted by atomic mass is 32.2. The molecule has 2 N–H and O–H groups in total. The van der Waals surface area contributed by atoms with E-state index in [2.05, 4.69) is 11.9 Å². The number of methoxy groups -OCH3 is 1. The molecule has 31 heavy (non-hydrogen) atoms. The van der Waals surface area contributed by atoms with Crippen molar-refractivity contribution in [1.29, 1.82) is 0 Å². The number of Topliss-reactive ketones (excluding diaryl/α,β-unsaturated/α-hetero) is 1. The third-order valence-corrected chi connectivity index (χ3v) is 9.24. The molecule has 1 aliphatic heterocycles. The number of rotatable bonds is 3. The topological polar surface area (TPSA) is 70.0 Å². The van der Waals surface area contributed by atoms with Crippen LogP contribution in [0.1, 0.15) is 29.2 Å². The number of nitrogens with zero attached hydrogens (tertiary/aromatic N) is 1. The molecule has 5 nitrogen and oxygen atoms in total. The number of hydrogen-bond donors (Lipinski definition) is 2. The first-order chi connectivity index (χ1) is 14.8. The van der Waals surface area contributed by atoms with E-state index >= 15 is 0 Å². The lowest BCUT2D eigenvalue weighted by molar-refractivity contribution is -0.224. The molecule has 160 valence electrons. The second kappa shape index (κ2) is 6.04. The SMILES string of the molecule is COC1=CC23CC4(CC1=O)c1c(ccc(O)c1O)C(Sc1ccc(F)cc1)C(C42)N3C.